The molecule has 0 fully saturated rings. The number of alkyl halides is 3. The first-order chi connectivity index (χ1) is 10.8. The molecule has 6 nitrogen and oxygen atoms in total. The average Bonchev–Trinajstić information content (AvgIpc) is 2.93. The number of pyridine rings is 1. The largest absolute Gasteiger partial charge is 0.490 e. The number of nitrogens with zero attached hydrogens (tertiary/aromatic N) is 3. The fraction of sp³-hybridized carbons (Fsp3) is 0.357. The monoisotopic (exact) mass is 332 g/mol. The number of aromatic nitrogens is 3. The van der Waals surface area contributed by atoms with Crippen molar-refractivity contribution < 1.29 is 32.4 Å². The van der Waals surface area contributed by atoms with Crippen molar-refractivity contribution in [2.45, 2.75) is 12.7 Å². The highest BCUT2D eigenvalue weighted by Crippen LogP contribution is 2.16. The molecule has 0 radical (unpaired) electrons. The maximum atomic E-state index is 11.0. The van der Waals surface area contributed by atoms with E-state index in [2.05, 4.69) is 9.84 Å². The summed E-state index contributed by atoms with van der Waals surface area (Å²) in [5, 5.41) is 12.9. The molecule has 0 aliphatic rings. The molecule has 23 heavy (non-hydrogen) atoms. The van der Waals surface area contributed by atoms with Crippen molar-refractivity contribution in [2.75, 3.05) is 13.7 Å². The summed E-state index contributed by atoms with van der Waals surface area (Å²) in [7, 11) is 2.60. The Morgan fingerprint density at radius 3 is 2.30 bits per heavy atom. The van der Waals surface area contributed by atoms with E-state index < -0.39 is 12.1 Å². The number of aliphatic hydroxyl groups is 1. The smallest absolute Gasteiger partial charge is 0.462 e. The number of halogens is 3. The molecule has 0 bridgehead atoms. The van der Waals surface area contributed by atoms with Gasteiger partial charge >= 0.3 is 12.1 Å². The molecule has 0 saturated carbocycles. The van der Waals surface area contributed by atoms with Crippen LogP contribution < -0.4 is 4.57 Å². The fourth-order valence-electron chi connectivity index (χ4n) is 1.67. The predicted octanol–water partition coefficient (Wildman–Crippen LogP) is 1.09. The molecule has 0 spiro atoms. The average molecular weight is 332 g/mol. The molecule has 0 aliphatic carbocycles. The Kier molecular flexibility index (Phi) is 6.70. The van der Waals surface area contributed by atoms with Gasteiger partial charge in [-0.05, 0) is 6.07 Å². The van der Waals surface area contributed by atoms with Gasteiger partial charge in [0.1, 0.15) is 6.61 Å². The number of aliphatic hydroxyl groups excluding tert-OH is 1. The van der Waals surface area contributed by atoms with Crippen LogP contribution in [0.15, 0.2) is 36.8 Å². The van der Waals surface area contributed by atoms with Crippen molar-refractivity contribution in [3.8, 4) is 11.3 Å². The van der Waals surface area contributed by atoms with Gasteiger partial charge in [0.15, 0.2) is 18.9 Å². The number of carbonyl (C=O) groups excluding carboxylic acids is 1. The third kappa shape index (κ3) is 5.70. The van der Waals surface area contributed by atoms with Gasteiger partial charge in [0.25, 0.3) is 0 Å². The summed E-state index contributed by atoms with van der Waals surface area (Å²) in [4.78, 5) is 9.49. The van der Waals surface area contributed by atoms with E-state index in [1.54, 1.807) is 6.20 Å². The van der Waals surface area contributed by atoms with Gasteiger partial charge in [-0.15, -0.1) is 0 Å². The van der Waals surface area contributed by atoms with Crippen molar-refractivity contribution in [1.82, 2.24) is 9.78 Å². The lowest BCUT2D eigenvalue weighted by Crippen LogP contribution is -2.34. The first-order valence-electron chi connectivity index (χ1n) is 6.53. The van der Waals surface area contributed by atoms with Crippen LogP contribution in [0.1, 0.15) is 0 Å². The molecule has 0 aliphatic heterocycles. The van der Waals surface area contributed by atoms with Crippen LogP contribution in [0.4, 0.5) is 13.2 Å². The highest BCUT2D eigenvalue weighted by atomic mass is 19.4. The molecule has 1 N–H and O–H groups in total. The van der Waals surface area contributed by atoms with E-state index in [1.165, 1.54) is 0 Å². The number of ether oxygens (including phenoxy) is 1. The first-order valence-corrected chi connectivity index (χ1v) is 6.53. The second kappa shape index (κ2) is 8.28. The molecule has 2 aromatic heterocycles. The van der Waals surface area contributed by atoms with E-state index >= 15 is 0 Å². The number of carbonyl (C=O) groups is 1. The maximum absolute atomic E-state index is 11.0. The van der Waals surface area contributed by atoms with Gasteiger partial charge in [0.05, 0.1) is 12.8 Å². The molecule has 9 heteroatoms. The molecule has 0 aromatic carbocycles. The summed E-state index contributed by atoms with van der Waals surface area (Å²) in [6.07, 6.45) is 0.843. The number of esters is 1. The fourth-order valence-corrected chi connectivity index (χ4v) is 1.67. The molecule has 2 rings (SSSR count). The lowest BCUT2D eigenvalue weighted by atomic mass is 10.2. The lowest BCUT2D eigenvalue weighted by molar-refractivity contribution is -0.698. The summed E-state index contributed by atoms with van der Waals surface area (Å²) in [5.74, 6) is -2.17. The zero-order chi connectivity index (χ0) is 17.5. The molecule has 0 unspecified atom stereocenters. The number of rotatable bonds is 3. The van der Waals surface area contributed by atoms with Crippen LogP contribution in [0.25, 0.3) is 11.3 Å². The van der Waals surface area contributed by atoms with Crippen LogP contribution in [0.3, 0.4) is 0 Å². The van der Waals surface area contributed by atoms with Crippen LogP contribution in [0.5, 0.6) is 0 Å². The normalized spacial score (nSPS) is 10.7. The molecule has 126 valence electrons. The summed E-state index contributed by atoms with van der Waals surface area (Å²) in [6, 6.07) is 6.02. The third-order valence-corrected chi connectivity index (χ3v) is 2.78. The van der Waals surface area contributed by atoms with Gasteiger partial charge in [0.2, 0.25) is 0 Å². The zero-order valence-corrected chi connectivity index (χ0v) is 12.6. The molecule has 0 amide bonds. The number of hydrogen-bond donors (Lipinski definition) is 1. The van der Waals surface area contributed by atoms with Gasteiger partial charge in [-0.2, -0.15) is 18.3 Å². The Hall–Kier alpha value is -2.42. The minimum Gasteiger partial charge on any atom is -0.462 e. The van der Waals surface area contributed by atoms with Crippen molar-refractivity contribution in [3.05, 3.63) is 36.8 Å². The Bertz CT molecular complexity index is 624. The Morgan fingerprint density at radius 2 is 1.96 bits per heavy atom. The van der Waals surface area contributed by atoms with Crippen LogP contribution in [-0.2, 0) is 23.1 Å². The minimum atomic E-state index is -4.85. The van der Waals surface area contributed by atoms with Gasteiger partial charge in [-0.1, -0.05) is 0 Å². The second-order valence-corrected chi connectivity index (χ2v) is 4.38. The molecule has 2 aromatic rings. The van der Waals surface area contributed by atoms with E-state index in [-0.39, 0.29) is 6.61 Å². The summed E-state index contributed by atoms with van der Waals surface area (Å²) in [6.45, 7) is 0.793. The lowest BCUT2D eigenvalue weighted by Gasteiger charge is -2.00. The van der Waals surface area contributed by atoms with Crippen LogP contribution in [0, 0.1) is 0 Å². The van der Waals surface area contributed by atoms with E-state index in [9.17, 15) is 18.0 Å². The molecular formula is C14H17F3N3O3+. The summed E-state index contributed by atoms with van der Waals surface area (Å²) >= 11 is 0. The van der Waals surface area contributed by atoms with Crippen LogP contribution in [-0.4, -0.2) is 40.7 Å². The second-order valence-electron chi connectivity index (χ2n) is 4.38. The summed E-state index contributed by atoms with van der Waals surface area (Å²) < 4.78 is 40.1. The van der Waals surface area contributed by atoms with Crippen molar-refractivity contribution in [3.63, 3.8) is 0 Å². The first kappa shape index (κ1) is 18.6. The van der Waals surface area contributed by atoms with E-state index in [1.807, 2.05) is 46.9 Å². The highest BCUT2D eigenvalue weighted by molar-refractivity contribution is 5.75. The van der Waals surface area contributed by atoms with Crippen molar-refractivity contribution >= 4 is 5.97 Å². The molecule has 2 heterocycles. The zero-order valence-electron chi connectivity index (χ0n) is 12.6. The van der Waals surface area contributed by atoms with Crippen LogP contribution in [0.2, 0.25) is 0 Å². The van der Waals surface area contributed by atoms with Crippen molar-refractivity contribution in [1.29, 1.82) is 0 Å². The standard InChI is InChI=1S/C11H14N3O.C3H3F3O2/c1-13-11(2-5-12-13)10-3-6-14(7-4-10)8-9-15;1-8-2(7)3(4,5)6/h2-7,15H,8-9H2,1H3;1H3/q+1;. The van der Waals surface area contributed by atoms with Gasteiger partial charge < -0.3 is 9.84 Å². The highest BCUT2D eigenvalue weighted by Gasteiger charge is 2.39. The Labute approximate surface area is 130 Å². The SMILES string of the molecule is COC(=O)C(F)(F)F.Cn1nccc1-c1cc[n+](CCO)cc1. The molecule has 0 atom stereocenters. The topological polar surface area (TPSA) is 68.2 Å². The van der Waals surface area contributed by atoms with Gasteiger partial charge in [-0.3, -0.25) is 4.68 Å². The Balaban J connectivity index is 0.000000284. The van der Waals surface area contributed by atoms with E-state index in [0.717, 1.165) is 11.3 Å². The number of hydrogen-bond acceptors (Lipinski definition) is 4. The van der Waals surface area contributed by atoms with Crippen molar-refractivity contribution in [2.24, 2.45) is 7.05 Å². The minimum absolute atomic E-state index is 0.162. The van der Waals surface area contributed by atoms with Gasteiger partial charge in [0, 0.05) is 30.9 Å². The predicted molar refractivity (Wildman–Crippen MR) is 74.0 cm³/mol. The summed E-state index contributed by atoms with van der Waals surface area (Å²) in [5.41, 5.74) is 2.22. The third-order valence-electron chi connectivity index (χ3n) is 2.78. The number of aryl methyl sites for hydroxylation is 1. The molecular weight excluding hydrogens is 315 g/mol. The maximum Gasteiger partial charge on any atom is 0.490 e. The number of methoxy groups -OCH3 is 1. The van der Waals surface area contributed by atoms with E-state index in [4.69, 9.17) is 5.11 Å². The Morgan fingerprint density at radius 1 is 1.35 bits per heavy atom. The van der Waals surface area contributed by atoms with Gasteiger partial charge in [-0.25, -0.2) is 9.36 Å². The quantitative estimate of drug-likeness (QED) is 0.675. The van der Waals surface area contributed by atoms with Crippen LogP contribution >= 0.6 is 0 Å². The van der Waals surface area contributed by atoms with E-state index in [0.29, 0.717) is 13.7 Å². The molecule has 0 saturated heterocycles.